The SMILES string of the molecule is C[Si](C)(C)c1ccc(N(c2ccccc2)c2cc3c4cccc5c4c(cc3c3ccccc23)-c2ccc(N(c3ccccc3)c3ccccc3)cc2[Si]5(C)C)cc1. The molecule has 276 valence electrons. The predicted molar refractivity (Wildman–Crippen MR) is 253 cm³/mol. The Morgan fingerprint density at radius 1 is 0.368 bits per heavy atom. The van der Waals surface area contributed by atoms with Crippen molar-refractivity contribution in [3.05, 3.63) is 188 Å². The van der Waals surface area contributed by atoms with Crippen LogP contribution in [0.3, 0.4) is 0 Å². The van der Waals surface area contributed by atoms with Gasteiger partial charge in [-0.2, -0.15) is 0 Å². The summed E-state index contributed by atoms with van der Waals surface area (Å²) in [5, 5.41) is 12.3. The van der Waals surface area contributed by atoms with Crippen molar-refractivity contribution in [3.63, 3.8) is 0 Å². The Hall–Kier alpha value is -6.21. The molecule has 0 bridgehead atoms. The van der Waals surface area contributed by atoms with Crippen LogP contribution in [0.15, 0.2) is 188 Å². The molecule has 0 saturated carbocycles. The van der Waals surface area contributed by atoms with Crippen LogP contribution in [0.5, 0.6) is 0 Å². The zero-order valence-electron chi connectivity index (χ0n) is 33.3. The van der Waals surface area contributed by atoms with Crippen LogP contribution in [-0.4, -0.2) is 16.1 Å². The van der Waals surface area contributed by atoms with E-state index in [2.05, 4.69) is 231 Å². The standard InChI is InChI=1S/C53H46N2Si2/c1-56(2,3)42-31-28-40(29-32-42)55(39-22-13-8-14-23-39)50-36-48-46-26-17-27-51-53(46)49(35-47(48)43-24-15-16-25-44(43)50)45-33-30-41(34-52(45)57(51,4)5)54(37-18-9-6-10-19-37)38-20-11-7-12-21-38/h6-36H,1-5H3. The fraction of sp³-hybridized carbons (Fsp3) is 0.0943. The summed E-state index contributed by atoms with van der Waals surface area (Å²) in [7, 11) is -3.64. The van der Waals surface area contributed by atoms with Gasteiger partial charge in [-0.05, 0) is 121 Å². The first-order valence-corrected chi connectivity index (χ1v) is 26.6. The normalized spacial score (nSPS) is 13.1. The first kappa shape index (κ1) is 35.2. The van der Waals surface area contributed by atoms with Crippen molar-refractivity contribution in [2.45, 2.75) is 32.7 Å². The highest BCUT2D eigenvalue weighted by molar-refractivity contribution is 7.03. The molecule has 2 nitrogen and oxygen atoms in total. The number of anilines is 6. The minimum absolute atomic E-state index is 1.16. The highest BCUT2D eigenvalue weighted by atomic mass is 28.3. The van der Waals surface area contributed by atoms with Crippen LogP contribution in [-0.2, 0) is 0 Å². The minimum Gasteiger partial charge on any atom is -0.311 e. The Labute approximate surface area is 338 Å². The van der Waals surface area contributed by atoms with Gasteiger partial charge in [0.25, 0.3) is 0 Å². The molecule has 1 heterocycles. The molecular formula is C53H46N2Si2. The van der Waals surface area contributed by atoms with Gasteiger partial charge < -0.3 is 9.80 Å². The minimum atomic E-state index is -2.18. The second-order valence-corrected chi connectivity index (χ2v) is 26.4. The number of hydrogen-bond donors (Lipinski definition) is 0. The van der Waals surface area contributed by atoms with E-state index in [0.717, 1.165) is 17.1 Å². The van der Waals surface area contributed by atoms with Crippen molar-refractivity contribution < 1.29 is 0 Å². The van der Waals surface area contributed by atoms with Gasteiger partial charge in [-0.3, -0.25) is 0 Å². The Balaban J connectivity index is 1.22. The summed E-state index contributed by atoms with van der Waals surface area (Å²) in [4.78, 5) is 4.86. The molecule has 0 aliphatic carbocycles. The number of para-hydroxylation sites is 3. The van der Waals surface area contributed by atoms with Crippen molar-refractivity contribution in [2.75, 3.05) is 9.80 Å². The lowest BCUT2D eigenvalue weighted by atomic mass is 9.89. The molecule has 57 heavy (non-hydrogen) atoms. The van der Waals surface area contributed by atoms with Gasteiger partial charge in [0, 0.05) is 33.8 Å². The van der Waals surface area contributed by atoms with E-state index in [1.54, 1.807) is 0 Å². The molecule has 0 saturated heterocycles. The van der Waals surface area contributed by atoms with E-state index in [1.807, 2.05) is 0 Å². The average molecular weight is 767 g/mol. The molecule has 10 rings (SSSR count). The first-order chi connectivity index (χ1) is 27.7. The zero-order chi connectivity index (χ0) is 38.9. The van der Waals surface area contributed by atoms with E-state index >= 15 is 0 Å². The number of hydrogen-bond acceptors (Lipinski definition) is 2. The third kappa shape index (κ3) is 5.82. The Kier molecular flexibility index (Phi) is 8.33. The summed E-state index contributed by atoms with van der Waals surface area (Å²) in [6.07, 6.45) is 0. The summed E-state index contributed by atoms with van der Waals surface area (Å²) < 4.78 is 0. The van der Waals surface area contributed by atoms with Crippen LogP contribution in [0.1, 0.15) is 0 Å². The fourth-order valence-corrected chi connectivity index (χ4v) is 13.5. The molecule has 0 spiro atoms. The average Bonchev–Trinajstić information content (AvgIpc) is 3.24. The molecule has 0 radical (unpaired) electrons. The topological polar surface area (TPSA) is 6.48 Å². The van der Waals surface area contributed by atoms with Crippen molar-refractivity contribution in [1.82, 2.24) is 0 Å². The van der Waals surface area contributed by atoms with Crippen LogP contribution < -0.4 is 25.4 Å². The fourth-order valence-electron chi connectivity index (χ4n) is 9.24. The number of rotatable bonds is 7. The van der Waals surface area contributed by atoms with Crippen LogP contribution >= 0.6 is 0 Å². The molecule has 0 amide bonds. The van der Waals surface area contributed by atoms with Crippen LogP contribution in [0, 0.1) is 0 Å². The molecule has 1 aliphatic rings. The summed E-state index contributed by atoms with van der Waals surface area (Å²) in [5.41, 5.74) is 9.74. The van der Waals surface area contributed by atoms with Gasteiger partial charge in [0.05, 0.1) is 13.8 Å². The largest absolute Gasteiger partial charge is 0.311 e. The lowest BCUT2D eigenvalue weighted by Gasteiger charge is -2.36. The maximum absolute atomic E-state index is 2.54. The zero-order valence-corrected chi connectivity index (χ0v) is 35.3. The monoisotopic (exact) mass is 766 g/mol. The van der Waals surface area contributed by atoms with Crippen LogP contribution in [0.2, 0.25) is 32.7 Å². The van der Waals surface area contributed by atoms with E-state index in [4.69, 9.17) is 0 Å². The van der Waals surface area contributed by atoms with Gasteiger partial charge in [0.1, 0.15) is 8.07 Å². The lowest BCUT2D eigenvalue weighted by molar-refractivity contribution is 1.29. The van der Waals surface area contributed by atoms with Crippen molar-refractivity contribution in [1.29, 1.82) is 0 Å². The van der Waals surface area contributed by atoms with E-state index in [0.29, 0.717) is 0 Å². The van der Waals surface area contributed by atoms with E-state index in [9.17, 15) is 0 Å². The molecule has 0 unspecified atom stereocenters. The molecule has 0 fully saturated rings. The van der Waals surface area contributed by atoms with Gasteiger partial charge in [-0.15, -0.1) is 0 Å². The van der Waals surface area contributed by atoms with Gasteiger partial charge in [-0.25, -0.2) is 0 Å². The Morgan fingerprint density at radius 3 is 1.49 bits per heavy atom. The first-order valence-electron chi connectivity index (χ1n) is 20.1. The van der Waals surface area contributed by atoms with E-state index < -0.39 is 16.1 Å². The highest BCUT2D eigenvalue weighted by Crippen LogP contribution is 2.47. The van der Waals surface area contributed by atoms with Crippen LogP contribution in [0.4, 0.5) is 34.1 Å². The number of nitrogens with zero attached hydrogens (tertiary/aromatic N) is 2. The molecule has 1 aliphatic heterocycles. The summed E-state index contributed by atoms with van der Waals surface area (Å²) >= 11 is 0. The van der Waals surface area contributed by atoms with Gasteiger partial charge in [0.2, 0.25) is 0 Å². The number of benzene rings is 9. The number of fused-ring (bicyclic) bond motifs is 6. The summed E-state index contributed by atoms with van der Waals surface area (Å²) in [5.74, 6) is 0. The van der Waals surface area contributed by atoms with Crippen molar-refractivity contribution in [2.24, 2.45) is 0 Å². The summed E-state index contributed by atoms with van der Waals surface area (Å²) in [6.45, 7) is 12.3. The Morgan fingerprint density at radius 2 is 0.877 bits per heavy atom. The summed E-state index contributed by atoms with van der Waals surface area (Å²) in [6, 6.07) is 70.1. The Bertz CT molecular complexity index is 2910. The molecule has 9 aromatic carbocycles. The third-order valence-electron chi connectivity index (χ3n) is 12.2. The smallest absolute Gasteiger partial charge is 0.113 e. The van der Waals surface area contributed by atoms with Crippen LogP contribution in [0.25, 0.3) is 43.4 Å². The molecule has 0 N–H and O–H groups in total. The van der Waals surface area contributed by atoms with Crippen molar-refractivity contribution >= 4 is 98.1 Å². The highest BCUT2D eigenvalue weighted by Gasteiger charge is 2.37. The molecule has 0 atom stereocenters. The van der Waals surface area contributed by atoms with Gasteiger partial charge in [0.15, 0.2) is 0 Å². The lowest BCUT2D eigenvalue weighted by Crippen LogP contribution is -2.56. The predicted octanol–water partition coefficient (Wildman–Crippen LogP) is 13.4. The van der Waals surface area contributed by atoms with Gasteiger partial charge in [-0.1, -0.05) is 153 Å². The van der Waals surface area contributed by atoms with E-state index in [1.165, 1.54) is 76.1 Å². The maximum Gasteiger partial charge on any atom is 0.113 e. The molecule has 9 aromatic rings. The van der Waals surface area contributed by atoms with Crippen molar-refractivity contribution in [3.8, 4) is 11.1 Å². The molecule has 4 heteroatoms. The van der Waals surface area contributed by atoms with E-state index in [-0.39, 0.29) is 0 Å². The second-order valence-electron chi connectivity index (χ2n) is 17.0. The quantitative estimate of drug-likeness (QED) is 0.118. The van der Waals surface area contributed by atoms with Gasteiger partial charge >= 0.3 is 0 Å². The molecular weight excluding hydrogens is 721 g/mol. The molecule has 0 aromatic heterocycles. The second kappa shape index (κ2) is 13.5. The third-order valence-corrected chi connectivity index (χ3v) is 17.7. The maximum atomic E-state index is 2.54.